The molecule has 0 amide bonds. The Balaban J connectivity index is 0.000000510. The van der Waals surface area contributed by atoms with Crippen molar-refractivity contribution in [2.75, 3.05) is 7.05 Å². The lowest BCUT2D eigenvalue weighted by molar-refractivity contribution is -0.402. The van der Waals surface area contributed by atoms with E-state index in [4.69, 9.17) is 22.4 Å². The molecule has 236 valence electrons. The molecule has 4 aromatic carbocycles. The summed E-state index contributed by atoms with van der Waals surface area (Å²) in [5.41, 5.74) is -0.768. The smallest absolute Gasteiger partial charge is 0.485 e. The second-order valence-electron chi connectivity index (χ2n) is 11.0. The maximum Gasteiger partial charge on any atom is 0.485 e. The van der Waals surface area contributed by atoms with Crippen molar-refractivity contribution in [2.45, 2.75) is 45.2 Å². The minimum atomic E-state index is -6.09. The monoisotopic (exact) mass is 641 g/mol. The van der Waals surface area contributed by atoms with Gasteiger partial charge in [0.2, 0.25) is 5.69 Å². The van der Waals surface area contributed by atoms with Crippen molar-refractivity contribution < 1.29 is 49.8 Å². The van der Waals surface area contributed by atoms with Crippen LogP contribution in [0.15, 0.2) is 78.9 Å². The number of ether oxygens (including phenoxy) is 2. The minimum absolute atomic E-state index is 0.198. The third kappa shape index (κ3) is 6.91. The molecule has 0 atom stereocenters. The third-order valence-electron chi connectivity index (χ3n) is 7.40. The molecule has 0 saturated heterocycles. The zero-order chi connectivity index (χ0) is 33.3. The predicted molar refractivity (Wildman–Crippen MR) is 161 cm³/mol. The van der Waals surface area contributed by atoms with Gasteiger partial charge in [-0.3, -0.25) is 0 Å². The number of rotatable bonds is 5. The summed E-state index contributed by atoms with van der Waals surface area (Å²) < 4.78 is 72.3. The van der Waals surface area contributed by atoms with E-state index in [1.807, 2.05) is 67.9 Å². The number of benzene rings is 4. The summed E-state index contributed by atoms with van der Waals surface area (Å²) in [6.45, 7) is 7.98. The van der Waals surface area contributed by atoms with Crippen LogP contribution in [0.1, 0.15) is 46.5 Å². The lowest BCUT2D eigenvalue weighted by atomic mass is 9.79. The van der Waals surface area contributed by atoms with Gasteiger partial charge in [0, 0.05) is 11.6 Å². The molecule has 0 spiro atoms. The van der Waals surface area contributed by atoms with Gasteiger partial charge < -0.3 is 14.0 Å². The van der Waals surface area contributed by atoms with Crippen molar-refractivity contribution in [1.82, 2.24) is 0 Å². The van der Waals surface area contributed by atoms with Crippen molar-refractivity contribution in [2.24, 2.45) is 0 Å². The number of nitrogens with zero attached hydrogens (tertiary/aromatic N) is 1. The quantitative estimate of drug-likeness (QED) is 0.0807. The molecular weight excluding hydrogens is 611 g/mol. The zero-order valence-corrected chi connectivity index (χ0v) is 25.9. The Labute approximate surface area is 258 Å². The van der Waals surface area contributed by atoms with E-state index in [1.165, 1.54) is 0 Å². The second kappa shape index (κ2) is 12.4. The molecule has 0 N–H and O–H groups in total. The van der Waals surface area contributed by atoms with Gasteiger partial charge in [0.25, 0.3) is 5.71 Å². The van der Waals surface area contributed by atoms with Gasteiger partial charge in [0.15, 0.2) is 10.1 Å². The van der Waals surface area contributed by atoms with Crippen molar-refractivity contribution in [1.29, 1.82) is 0 Å². The van der Waals surface area contributed by atoms with E-state index in [-0.39, 0.29) is 6.61 Å². The number of carbonyl (C=O) groups is 2. The fourth-order valence-electron chi connectivity index (χ4n) is 5.42. The first-order valence-electron chi connectivity index (χ1n) is 13.6. The topological polar surface area (TPSA) is 113 Å². The Hall–Kier alpha value is -4.55. The number of hydrogen-bond donors (Lipinski definition) is 0. The van der Waals surface area contributed by atoms with Gasteiger partial charge in [-0.25, -0.2) is 18.0 Å². The molecule has 0 saturated carbocycles. The molecular formula is C33H30F3NO7S. The normalized spacial score (nSPS) is 14.0. The largest absolute Gasteiger partial charge is 0.741 e. The summed E-state index contributed by atoms with van der Waals surface area (Å²) in [5, 5.41) is 2.27. The second-order valence-corrected chi connectivity index (χ2v) is 12.4. The van der Waals surface area contributed by atoms with Crippen molar-refractivity contribution >= 4 is 44.2 Å². The van der Waals surface area contributed by atoms with Gasteiger partial charge >= 0.3 is 17.4 Å². The van der Waals surface area contributed by atoms with Crippen molar-refractivity contribution in [3.05, 3.63) is 107 Å². The van der Waals surface area contributed by atoms with Crippen LogP contribution in [0.5, 0.6) is 5.75 Å². The third-order valence-corrected chi connectivity index (χ3v) is 7.97. The lowest BCUT2D eigenvalue weighted by Gasteiger charge is -2.19. The number of esters is 2. The van der Waals surface area contributed by atoms with Crippen LogP contribution in [0.4, 0.5) is 18.9 Å². The van der Waals surface area contributed by atoms with Gasteiger partial charge in [-0.2, -0.15) is 17.7 Å². The van der Waals surface area contributed by atoms with E-state index in [0.29, 0.717) is 28.2 Å². The first-order chi connectivity index (χ1) is 20.9. The van der Waals surface area contributed by atoms with Crippen molar-refractivity contribution in [3.8, 4) is 5.75 Å². The molecule has 0 radical (unpaired) electrons. The average Bonchev–Trinajstić information content (AvgIpc) is 3.18. The highest BCUT2D eigenvalue weighted by Gasteiger charge is 2.50. The lowest BCUT2D eigenvalue weighted by Crippen LogP contribution is -2.38. The molecule has 1 aliphatic rings. The zero-order valence-electron chi connectivity index (χ0n) is 25.1. The fourth-order valence-corrected chi connectivity index (χ4v) is 5.42. The summed E-state index contributed by atoms with van der Waals surface area (Å²) in [6, 6.07) is 25.3. The van der Waals surface area contributed by atoms with E-state index in [9.17, 15) is 22.8 Å². The maximum atomic E-state index is 13.6. The summed E-state index contributed by atoms with van der Waals surface area (Å²) >= 11 is 0. The van der Waals surface area contributed by atoms with Crippen LogP contribution in [0, 0.1) is 13.8 Å². The Morgan fingerprint density at radius 1 is 0.889 bits per heavy atom. The molecule has 4 aromatic rings. The predicted octanol–water partition coefficient (Wildman–Crippen LogP) is 6.48. The molecule has 0 aromatic heterocycles. The minimum Gasteiger partial charge on any atom is -0.741 e. The van der Waals surface area contributed by atoms with Crippen LogP contribution in [0.3, 0.4) is 0 Å². The molecule has 45 heavy (non-hydrogen) atoms. The number of hydrogen-bond acceptors (Lipinski definition) is 7. The van der Waals surface area contributed by atoms with E-state index in [1.54, 1.807) is 12.1 Å². The van der Waals surface area contributed by atoms with E-state index >= 15 is 0 Å². The van der Waals surface area contributed by atoms with Crippen LogP contribution in [-0.4, -0.2) is 47.8 Å². The number of carbonyl (C=O) groups excluding carboxylic acids is 2. The summed E-state index contributed by atoms with van der Waals surface area (Å²) in [5.74, 6) is -0.359. The molecule has 0 bridgehead atoms. The van der Waals surface area contributed by atoms with E-state index in [2.05, 4.69) is 38.1 Å². The molecule has 0 fully saturated rings. The summed E-state index contributed by atoms with van der Waals surface area (Å²) in [4.78, 5) is 26.3. The standard InChI is InChI=1S/C32H30NO4.CHF3O3S/c1-20-17-24(30(34)36-19-22-11-7-6-8-12-22)18-21(2)28(20)37-31(35)29-32(3,4)27-25-14-10-9-13-23(25)15-16-26(27)33(29)5;2-1(3,4)8(5,6)7/h6-18H,19H2,1-5H3;(H,5,6,7)/q+1;/p-1. The Bertz CT molecular complexity index is 1910. The number of alkyl halides is 3. The van der Waals surface area contributed by atoms with Gasteiger partial charge in [0.1, 0.15) is 19.4 Å². The maximum absolute atomic E-state index is 13.6. The van der Waals surface area contributed by atoms with Crippen LogP contribution in [0.25, 0.3) is 10.8 Å². The van der Waals surface area contributed by atoms with Gasteiger partial charge in [-0.05, 0) is 73.4 Å². The molecule has 0 aliphatic carbocycles. The van der Waals surface area contributed by atoms with E-state index < -0.39 is 33.0 Å². The molecule has 1 aliphatic heterocycles. The first-order valence-corrected chi connectivity index (χ1v) is 15.0. The summed E-state index contributed by atoms with van der Waals surface area (Å²) in [6.07, 6.45) is 0. The van der Waals surface area contributed by atoms with Crippen LogP contribution in [0.2, 0.25) is 0 Å². The highest BCUT2D eigenvalue weighted by Crippen LogP contribution is 2.43. The fraction of sp³-hybridized carbons (Fsp3) is 0.242. The average molecular weight is 642 g/mol. The highest BCUT2D eigenvalue weighted by molar-refractivity contribution is 7.86. The van der Waals surface area contributed by atoms with Gasteiger partial charge in [0.05, 0.1) is 11.0 Å². The number of aryl methyl sites for hydroxylation is 2. The number of halogens is 3. The summed E-state index contributed by atoms with van der Waals surface area (Å²) in [7, 11) is -4.18. The molecule has 1 heterocycles. The molecule has 0 unspecified atom stereocenters. The number of fused-ring (bicyclic) bond motifs is 3. The van der Waals surface area contributed by atoms with E-state index in [0.717, 1.165) is 27.6 Å². The first kappa shape index (κ1) is 33.3. The molecule has 12 heteroatoms. The molecule has 8 nitrogen and oxygen atoms in total. The SMILES string of the molecule is Cc1cc(C(=O)OCc2ccccc2)cc(C)c1OC(=O)C1=[N+](C)c2ccc3ccccc3c2C1(C)C.O=S(=O)([O-])C(F)(F)F. The molecule has 5 rings (SSSR count). The Morgan fingerprint density at radius 3 is 2.02 bits per heavy atom. The van der Waals surface area contributed by atoms with Gasteiger partial charge in [-0.1, -0.05) is 54.6 Å². The van der Waals surface area contributed by atoms with Gasteiger partial charge in [-0.15, -0.1) is 0 Å². The van der Waals surface area contributed by atoms with Crippen LogP contribution < -0.4 is 4.74 Å². The van der Waals surface area contributed by atoms with Crippen LogP contribution in [-0.2, 0) is 31.7 Å². The Kier molecular flexibility index (Phi) is 9.22. The van der Waals surface area contributed by atoms with Crippen LogP contribution >= 0.6 is 0 Å². The highest BCUT2D eigenvalue weighted by atomic mass is 32.2. The van der Waals surface area contributed by atoms with Crippen molar-refractivity contribution in [3.63, 3.8) is 0 Å². The Morgan fingerprint density at radius 2 is 1.44 bits per heavy atom.